The number of hydrogen-bond donors (Lipinski definition) is 1. The lowest BCUT2D eigenvalue weighted by Crippen LogP contribution is -2.56. The van der Waals surface area contributed by atoms with Crippen LogP contribution in [0.4, 0.5) is 0 Å². The molecule has 0 aromatic carbocycles. The topological polar surface area (TPSA) is 18.5 Å². The van der Waals surface area contributed by atoms with E-state index in [-0.39, 0.29) is 0 Å². The summed E-state index contributed by atoms with van der Waals surface area (Å²) in [5.41, 5.74) is 0. The summed E-state index contributed by atoms with van der Waals surface area (Å²) in [5.74, 6) is 1.81. The second-order valence-corrected chi connectivity index (χ2v) is 7.42. The highest BCUT2D eigenvalue weighted by atomic mass is 15.2. The highest BCUT2D eigenvalue weighted by molar-refractivity contribution is 4.89. The fourth-order valence-electron chi connectivity index (χ4n) is 4.54. The van der Waals surface area contributed by atoms with Crippen molar-refractivity contribution in [3.05, 3.63) is 0 Å². The molecule has 3 heterocycles. The van der Waals surface area contributed by atoms with Gasteiger partial charge in [-0.2, -0.15) is 0 Å². The molecule has 3 saturated heterocycles. The standard InChI is InChI=1S/C17H33N3/c1-15-6-5-11-20(13-15)17-12-18-8-7-16(17)14-19-9-3-2-4-10-19/h15-18H,2-14H2,1H3. The first-order chi connectivity index (χ1) is 9.83. The van der Waals surface area contributed by atoms with Crippen LogP contribution in [0.2, 0.25) is 0 Å². The van der Waals surface area contributed by atoms with E-state index in [1.54, 1.807) is 0 Å². The Morgan fingerprint density at radius 2 is 1.85 bits per heavy atom. The molecule has 3 fully saturated rings. The minimum Gasteiger partial charge on any atom is -0.315 e. The lowest BCUT2D eigenvalue weighted by Gasteiger charge is -2.45. The Balaban J connectivity index is 1.57. The van der Waals surface area contributed by atoms with Crippen LogP contribution >= 0.6 is 0 Å². The highest BCUT2D eigenvalue weighted by Crippen LogP contribution is 2.26. The van der Waals surface area contributed by atoms with Gasteiger partial charge in [-0.05, 0) is 70.1 Å². The average molecular weight is 279 g/mol. The molecule has 0 bridgehead atoms. The summed E-state index contributed by atoms with van der Waals surface area (Å²) in [7, 11) is 0. The van der Waals surface area contributed by atoms with Gasteiger partial charge < -0.3 is 10.2 Å². The van der Waals surface area contributed by atoms with Crippen LogP contribution in [0.5, 0.6) is 0 Å². The number of likely N-dealkylation sites (tertiary alicyclic amines) is 2. The Labute approximate surface area is 125 Å². The Morgan fingerprint density at radius 1 is 1.00 bits per heavy atom. The van der Waals surface area contributed by atoms with Crippen molar-refractivity contribution in [3.8, 4) is 0 Å². The van der Waals surface area contributed by atoms with Gasteiger partial charge in [-0.3, -0.25) is 4.90 Å². The average Bonchev–Trinajstić information content (AvgIpc) is 2.49. The fourth-order valence-corrected chi connectivity index (χ4v) is 4.54. The van der Waals surface area contributed by atoms with E-state index in [9.17, 15) is 0 Å². The molecule has 0 aromatic heterocycles. The molecule has 20 heavy (non-hydrogen) atoms. The van der Waals surface area contributed by atoms with Crippen LogP contribution in [-0.2, 0) is 0 Å². The van der Waals surface area contributed by atoms with Crippen molar-refractivity contribution in [1.82, 2.24) is 15.1 Å². The first-order valence-corrected chi connectivity index (χ1v) is 9.00. The van der Waals surface area contributed by atoms with Gasteiger partial charge in [0.25, 0.3) is 0 Å². The Kier molecular flexibility index (Phi) is 5.36. The molecule has 0 radical (unpaired) electrons. The SMILES string of the molecule is CC1CCCN(C2CNCCC2CN2CCCCC2)C1. The molecule has 116 valence electrons. The summed E-state index contributed by atoms with van der Waals surface area (Å²) in [6, 6.07) is 0.799. The summed E-state index contributed by atoms with van der Waals surface area (Å²) in [4.78, 5) is 5.56. The van der Waals surface area contributed by atoms with Crippen molar-refractivity contribution in [2.24, 2.45) is 11.8 Å². The maximum absolute atomic E-state index is 3.65. The molecule has 0 amide bonds. The number of rotatable bonds is 3. The van der Waals surface area contributed by atoms with Crippen LogP contribution in [0.15, 0.2) is 0 Å². The molecule has 0 aliphatic carbocycles. The first-order valence-electron chi connectivity index (χ1n) is 9.00. The summed E-state index contributed by atoms with van der Waals surface area (Å²) in [6.45, 7) is 11.6. The zero-order valence-corrected chi connectivity index (χ0v) is 13.3. The van der Waals surface area contributed by atoms with Gasteiger partial charge in [-0.1, -0.05) is 13.3 Å². The van der Waals surface area contributed by atoms with E-state index in [1.165, 1.54) is 84.3 Å². The lowest BCUT2D eigenvalue weighted by atomic mass is 9.87. The fraction of sp³-hybridized carbons (Fsp3) is 1.00. The monoisotopic (exact) mass is 279 g/mol. The summed E-state index contributed by atoms with van der Waals surface area (Å²) >= 11 is 0. The third-order valence-electron chi connectivity index (χ3n) is 5.69. The summed E-state index contributed by atoms with van der Waals surface area (Å²) in [5, 5.41) is 3.65. The van der Waals surface area contributed by atoms with Crippen LogP contribution in [0.1, 0.15) is 45.4 Å². The van der Waals surface area contributed by atoms with Crippen molar-refractivity contribution < 1.29 is 0 Å². The van der Waals surface area contributed by atoms with E-state index in [2.05, 4.69) is 22.0 Å². The quantitative estimate of drug-likeness (QED) is 0.854. The molecule has 1 N–H and O–H groups in total. The number of piperidine rings is 3. The van der Waals surface area contributed by atoms with E-state index in [1.807, 2.05) is 0 Å². The van der Waals surface area contributed by atoms with Gasteiger partial charge in [-0.25, -0.2) is 0 Å². The smallest absolute Gasteiger partial charge is 0.0261 e. The third kappa shape index (κ3) is 3.75. The predicted octanol–water partition coefficient (Wildman–Crippen LogP) is 2.18. The minimum atomic E-state index is 0.799. The Morgan fingerprint density at radius 3 is 2.65 bits per heavy atom. The lowest BCUT2D eigenvalue weighted by molar-refractivity contribution is 0.0525. The van der Waals surface area contributed by atoms with Gasteiger partial charge in [-0.15, -0.1) is 0 Å². The van der Waals surface area contributed by atoms with Gasteiger partial charge >= 0.3 is 0 Å². The van der Waals surface area contributed by atoms with Crippen molar-refractivity contribution in [2.75, 3.05) is 45.8 Å². The minimum absolute atomic E-state index is 0.799. The number of nitrogens with zero attached hydrogens (tertiary/aromatic N) is 2. The molecule has 0 saturated carbocycles. The molecule has 0 spiro atoms. The maximum atomic E-state index is 3.65. The van der Waals surface area contributed by atoms with Crippen molar-refractivity contribution >= 4 is 0 Å². The largest absolute Gasteiger partial charge is 0.315 e. The molecular formula is C17H33N3. The molecule has 3 aliphatic heterocycles. The predicted molar refractivity (Wildman–Crippen MR) is 85.0 cm³/mol. The molecule has 3 aliphatic rings. The van der Waals surface area contributed by atoms with Crippen LogP contribution in [-0.4, -0.2) is 61.7 Å². The van der Waals surface area contributed by atoms with Crippen molar-refractivity contribution in [3.63, 3.8) is 0 Å². The van der Waals surface area contributed by atoms with E-state index < -0.39 is 0 Å². The van der Waals surface area contributed by atoms with Gasteiger partial charge in [0.05, 0.1) is 0 Å². The van der Waals surface area contributed by atoms with Gasteiger partial charge in [0, 0.05) is 25.7 Å². The van der Waals surface area contributed by atoms with E-state index >= 15 is 0 Å². The van der Waals surface area contributed by atoms with Crippen LogP contribution in [0, 0.1) is 11.8 Å². The normalized spacial score (nSPS) is 38.0. The second-order valence-electron chi connectivity index (χ2n) is 7.42. The Bertz CT molecular complexity index is 288. The number of nitrogens with one attached hydrogen (secondary N) is 1. The van der Waals surface area contributed by atoms with Crippen molar-refractivity contribution in [1.29, 1.82) is 0 Å². The van der Waals surface area contributed by atoms with Crippen LogP contribution in [0.3, 0.4) is 0 Å². The molecule has 0 aromatic rings. The molecule has 3 unspecified atom stereocenters. The van der Waals surface area contributed by atoms with Crippen LogP contribution < -0.4 is 5.32 Å². The maximum Gasteiger partial charge on any atom is 0.0261 e. The first kappa shape index (κ1) is 14.8. The highest BCUT2D eigenvalue weighted by Gasteiger charge is 2.33. The van der Waals surface area contributed by atoms with Gasteiger partial charge in [0.1, 0.15) is 0 Å². The van der Waals surface area contributed by atoms with E-state index in [0.717, 1.165) is 17.9 Å². The molecule has 3 atom stereocenters. The second kappa shape index (κ2) is 7.24. The Hall–Kier alpha value is -0.120. The zero-order chi connectivity index (χ0) is 13.8. The van der Waals surface area contributed by atoms with E-state index in [0.29, 0.717) is 0 Å². The van der Waals surface area contributed by atoms with Gasteiger partial charge in [0.15, 0.2) is 0 Å². The van der Waals surface area contributed by atoms with Gasteiger partial charge in [0.2, 0.25) is 0 Å². The molecule has 3 rings (SSSR count). The van der Waals surface area contributed by atoms with Crippen LogP contribution in [0.25, 0.3) is 0 Å². The molecule has 3 nitrogen and oxygen atoms in total. The molecular weight excluding hydrogens is 246 g/mol. The summed E-state index contributed by atoms with van der Waals surface area (Å²) in [6.07, 6.45) is 8.54. The number of hydrogen-bond acceptors (Lipinski definition) is 3. The summed E-state index contributed by atoms with van der Waals surface area (Å²) < 4.78 is 0. The third-order valence-corrected chi connectivity index (χ3v) is 5.69. The molecule has 3 heteroatoms. The van der Waals surface area contributed by atoms with Crippen molar-refractivity contribution in [2.45, 2.75) is 51.5 Å². The van der Waals surface area contributed by atoms with E-state index in [4.69, 9.17) is 0 Å². The zero-order valence-electron chi connectivity index (χ0n) is 13.3.